The molecule has 0 fully saturated rings. The third-order valence-electron chi connectivity index (χ3n) is 7.56. The van der Waals surface area contributed by atoms with Crippen LogP contribution in [0.2, 0.25) is 0 Å². The second kappa shape index (κ2) is 15.3. The molecule has 0 aliphatic heterocycles. The highest BCUT2D eigenvalue weighted by Gasteiger charge is 2.23. The molecular weight excluding hydrogens is 650 g/mol. The van der Waals surface area contributed by atoms with Gasteiger partial charge >= 0.3 is 18.2 Å². The molecule has 49 heavy (non-hydrogen) atoms. The van der Waals surface area contributed by atoms with E-state index in [-0.39, 0.29) is 18.7 Å². The predicted molar refractivity (Wildman–Crippen MR) is 187 cm³/mol. The van der Waals surface area contributed by atoms with Crippen LogP contribution in [0.3, 0.4) is 0 Å². The number of ether oxygens (including phenoxy) is 2. The number of fused-ring (bicyclic) bond motifs is 1. The van der Waals surface area contributed by atoms with Gasteiger partial charge in [0.05, 0.1) is 34.6 Å². The van der Waals surface area contributed by atoms with Crippen molar-refractivity contribution in [2.24, 2.45) is 0 Å². The van der Waals surface area contributed by atoms with Gasteiger partial charge in [0.25, 0.3) is 5.56 Å². The number of aryl methyl sites for hydroxylation is 2. The third-order valence-corrected chi connectivity index (χ3v) is 8.58. The first kappa shape index (κ1) is 36.6. The standard InChI is InChI=1S/C35H41N5O8S/c1-20-14-22(30(32(42)43)38-25-8-10-28-27(17-25)31(41)37-19-36-28)15-21(2)26(20)12-13-47-33(44)39-24-9-11-29(49(7)46)23(16-24)18-40(6)34(45)48-35(3,4)5/h8-11,14-17,19,30,38H,12-13,18H2,1-7H3,(H,39,44)(H,42,43)(H,36,37,41). The fraction of sp³-hybridized carbons (Fsp3) is 0.343. The van der Waals surface area contributed by atoms with E-state index < -0.39 is 40.6 Å². The minimum Gasteiger partial charge on any atom is -0.479 e. The number of carbonyl (C=O) groups excluding carboxylic acids is 2. The van der Waals surface area contributed by atoms with Crippen molar-refractivity contribution in [3.63, 3.8) is 0 Å². The summed E-state index contributed by atoms with van der Waals surface area (Å²) >= 11 is 0. The Bertz CT molecular complexity index is 1950. The number of carboxylic acid groups (broad SMARTS) is 1. The van der Waals surface area contributed by atoms with Crippen LogP contribution in [0.5, 0.6) is 0 Å². The Labute approximate surface area is 286 Å². The summed E-state index contributed by atoms with van der Waals surface area (Å²) in [5.74, 6) is -1.09. The highest BCUT2D eigenvalue weighted by atomic mass is 32.2. The summed E-state index contributed by atoms with van der Waals surface area (Å²) < 4.78 is 23.2. The summed E-state index contributed by atoms with van der Waals surface area (Å²) in [4.78, 5) is 58.2. The van der Waals surface area contributed by atoms with Gasteiger partial charge in [-0.1, -0.05) is 12.1 Å². The summed E-state index contributed by atoms with van der Waals surface area (Å²) in [5, 5.41) is 16.1. The number of nitrogens with zero attached hydrogens (tertiary/aromatic N) is 2. The van der Waals surface area contributed by atoms with E-state index in [9.17, 15) is 28.5 Å². The Morgan fingerprint density at radius 3 is 2.35 bits per heavy atom. The molecule has 1 heterocycles. The van der Waals surface area contributed by atoms with Crippen molar-refractivity contribution in [3.05, 3.63) is 93.0 Å². The maximum Gasteiger partial charge on any atom is 0.411 e. The van der Waals surface area contributed by atoms with Crippen molar-refractivity contribution in [2.75, 3.05) is 30.5 Å². The lowest BCUT2D eigenvalue weighted by Gasteiger charge is -2.25. The van der Waals surface area contributed by atoms with Crippen LogP contribution in [0.25, 0.3) is 10.9 Å². The van der Waals surface area contributed by atoms with Crippen LogP contribution in [-0.4, -0.2) is 67.9 Å². The summed E-state index contributed by atoms with van der Waals surface area (Å²) in [7, 11) is 0.236. The molecule has 4 N–H and O–H groups in total. The van der Waals surface area contributed by atoms with E-state index in [2.05, 4.69) is 20.6 Å². The molecule has 0 spiro atoms. The number of anilines is 2. The van der Waals surface area contributed by atoms with Crippen molar-refractivity contribution in [1.29, 1.82) is 0 Å². The van der Waals surface area contributed by atoms with E-state index in [0.29, 0.717) is 44.7 Å². The minimum atomic E-state index is -1.34. The molecular formula is C35H41N5O8S. The van der Waals surface area contributed by atoms with Gasteiger partial charge < -0.3 is 29.8 Å². The first-order valence-corrected chi connectivity index (χ1v) is 17.0. The largest absolute Gasteiger partial charge is 0.479 e. The van der Waals surface area contributed by atoms with Gasteiger partial charge in [0.15, 0.2) is 6.04 Å². The molecule has 0 saturated heterocycles. The number of aromatic nitrogens is 2. The highest BCUT2D eigenvalue weighted by molar-refractivity contribution is 7.84. The number of carbonyl (C=O) groups is 3. The van der Waals surface area contributed by atoms with Gasteiger partial charge in [0, 0.05) is 42.5 Å². The molecule has 2 atom stereocenters. The van der Waals surface area contributed by atoms with Crippen molar-refractivity contribution in [2.45, 2.75) is 64.1 Å². The number of aromatic amines is 1. The average molecular weight is 692 g/mol. The van der Waals surface area contributed by atoms with Gasteiger partial charge in [-0.25, -0.2) is 19.4 Å². The molecule has 3 aromatic carbocycles. The van der Waals surface area contributed by atoms with Gasteiger partial charge in [-0.15, -0.1) is 0 Å². The maximum absolute atomic E-state index is 12.7. The molecule has 0 radical (unpaired) electrons. The number of carboxylic acids is 1. The molecule has 260 valence electrons. The fourth-order valence-corrected chi connectivity index (χ4v) is 6.07. The lowest BCUT2D eigenvalue weighted by Crippen LogP contribution is -2.34. The summed E-state index contributed by atoms with van der Waals surface area (Å²) in [5.41, 5.74) is 4.02. The molecule has 0 bridgehead atoms. The average Bonchev–Trinajstić information content (AvgIpc) is 3.00. The SMILES string of the molecule is Cc1cc(C(Nc2ccc3nc[nH]c(=O)c3c2)C(=O)O)cc(C)c1CCOC(=O)Nc1ccc(S(C)=O)c(CN(C)C(=O)OC(C)(C)C)c1. The quantitative estimate of drug-likeness (QED) is 0.153. The first-order valence-electron chi connectivity index (χ1n) is 15.4. The normalized spacial score (nSPS) is 12.6. The van der Waals surface area contributed by atoms with Gasteiger partial charge in [0.2, 0.25) is 0 Å². The van der Waals surface area contributed by atoms with E-state index in [1.807, 2.05) is 13.8 Å². The van der Waals surface area contributed by atoms with Crippen molar-refractivity contribution >= 4 is 51.2 Å². The smallest absolute Gasteiger partial charge is 0.411 e. The molecule has 4 aromatic rings. The molecule has 0 aliphatic carbocycles. The van der Waals surface area contributed by atoms with E-state index in [1.54, 1.807) is 76.3 Å². The van der Waals surface area contributed by atoms with Crippen LogP contribution in [0.1, 0.15) is 54.6 Å². The number of aliphatic carboxylic acids is 1. The van der Waals surface area contributed by atoms with E-state index in [4.69, 9.17) is 9.47 Å². The van der Waals surface area contributed by atoms with E-state index in [1.165, 1.54) is 17.5 Å². The summed E-state index contributed by atoms with van der Waals surface area (Å²) in [6.07, 6.45) is 2.01. The predicted octanol–water partition coefficient (Wildman–Crippen LogP) is 5.67. The van der Waals surface area contributed by atoms with E-state index >= 15 is 0 Å². The number of hydrogen-bond acceptors (Lipinski definition) is 9. The zero-order chi connectivity index (χ0) is 36.0. The van der Waals surface area contributed by atoms with Crippen molar-refractivity contribution < 1.29 is 33.2 Å². The Morgan fingerprint density at radius 1 is 1.04 bits per heavy atom. The minimum absolute atomic E-state index is 0.0540. The second-order valence-corrected chi connectivity index (χ2v) is 14.0. The van der Waals surface area contributed by atoms with Crippen LogP contribution in [-0.2, 0) is 38.0 Å². The number of rotatable bonds is 11. The van der Waals surface area contributed by atoms with Gasteiger partial charge in [-0.3, -0.25) is 14.3 Å². The number of nitrogens with one attached hydrogen (secondary N) is 3. The fourth-order valence-electron chi connectivity index (χ4n) is 5.32. The lowest BCUT2D eigenvalue weighted by atomic mass is 9.94. The molecule has 14 heteroatoms. The van der Waals surface area contributed by atoms with Gasteiger partial charge in [-0.2, -0.15) is 0 Å². The number of benzene rings is 3. The zero-order valence-electron chi connectivity index (χ0n) is 28.5. The molecule has 1 aromatic heterocycles. The first-order chi connectivity index (χ1) is 23.0. The molecule has 2 unspecified atom stereocenters. The Morgan fingerprint density at radius 2 is 1.71 bits per heavy atom. The maximum atomic E-state index is 12.7. The van der Waals surface area contributed by atoms with Crippen molar-refractivity contribution in [1.82, 2.24) is 14.9 Å². The van der Waals surface area contributed by atoms with Crippen LogP contribution >= 0.6 is 0 Å². The van der Waals surface area contributed by atoms with Gasteiger partial charge in [-0.05, 0) is 98.8 Å². The molecule has 13 nitrogen and oxygen atoms in total. The topological polar surface area (TPSA) is 180 Å². The Balaban J connectivity index is 1.40. The summed E-state index contributed by atoms with van der Waals surface area (Å²) in [6, 6.07) is 12.2. The van der Waals surface area contributed by atoms with E-state index in [0.717, 1.165) is 16.7 Å². The lowest BCUT2D eigenvalue weighted by molar-refractivity contribution is -0.138. The number of hydrogen-bond donors (Lipinski definition) is 4. The monoisotopic (exact) mass is 691 g/mol. The second-order valence-electron chi connectivity index (χ2n) is 12.6. The molecule has 4 rings (SSSR count). The molecule has 0 saturated carbocycles. The van der Waals surface area contributed by atoms with Crippen LogP contribution in [0, 0.1) is 13.8 Å². The van der Waals surface area contributed by atoms with Crippen molar-refractivity contribution in [3.8, 4) is 0 Å². The highest BCUT2D eigenvalue weighted by Crippen LogP contribution is 2.27. The summed E-state index contributed by atoms with van der Waals surface area (Å²) in [6.45, 7) is 9.19. The Kier molecular flexibility index (Phi) is 11.4. The molecule has 0 aliphatic rings. The zero-order valence-corrected chi connectivity index (χ0v) is 29.3. The van der Waals surface area contributed by atoms with Crippen LogP contribution < -0.4 is 16.2 Å². The Hall–Kier alpha value is -5.24. The number of H-pyrrole nitrogens is 1. The van der Waals surface area contributed by atoms with Gasteiger partial charge in [0.1, 0.15) is 5.60 Å². The number of amides is 2. The van der Waals surface area contributed by atoms with Crippen LogP contribution in [0.15, 0.2) is 64.5 Å². The third kappa shape index (κ3) is 9.66. The van der Waals surface area contributed by atoms with Crippen LogP contribution in [0.4, 0.5) is 21.0 Å². The molecule has 2 amide bonds.